The smallest absolute Gasteiger partial charge is 0.161 e. The van der Waals surface area contributed by atoms with E-state index in [1.54, 1.807) is 14.2 Å². The Bertz CT molecular complexity index is 955. The molecule has 1 unspecified atom stereocenters. The van der Waals surface area contributed by atoms with Gasteiger partial charge in [-0.15, -0.1) is 0 Å². The highest BCUT2D eigenvalue weighted by atomic mass is 35.5. The number of aromatic amines is 1. The van der Waals surface area contributed by atoms with Crippen LogP contribution in [0.4, 0.5) is 0 Å². The second kappa shape index (κ2) is 8.89. The zero-order valence-electron chi connectivity index (χ0n) is 16.8. The summed E-state index contributed by atoms with van der Waals surface area (Å²) in [7, 11) is 3.34. The van der Waals surface area contributed by atoms with Gasteiger partial charge in [0.15, 0.2) is 11.5 Å². The Morgan fingerprint density at radius 2 is 1.90 bits per heavy atom. The Kier molecular flexibility index (Phi) is 6.07. The molecule has 0 spiro atoms. The molecule has 152 valence electrons. The molecule has 4 rings (SSSR count). The Balaban J connectivity index is 1.50. The van der Waals surface area contributed by atoms with Gasteiger partial charge in [0.1, 0.15) is 0 Å². The number of nitrogens with one attached hydrogen (secondary N) is 1. The van der Waals surface area contributed by atoms with E-state index in [1.807, 2.05) is 24.4 Å². The molecule has 5 nitrogen and oxygen atoms in total. The first-order chi connectivity index (χ1) is 14.2. The summed E-state index contributed by atoms with van der Waals surface area (Å²) >= 11 is 6.05. The number of hydrogen-bond donors (Lipinski definition) is 1. The number of hydrogen-bond acceptors (Lipinski definition) is 4. The number of aromatic nitrogens is 2. The second-order valence-electron chi connectivity index (χ2n) is 7.47. The average Bonchev–Trinajstić information content (AvgIpc) is 3.24. The van der Waals surface area contributed by atoms with Crippen LogP contribution in [0.5, 0.6) is 11.5 Å². The maximum atomic E-state index is 6.05. The van der Waals surface area contributed by atoms with Crippen molar-refractivity contribution in [2.24, 2.45) is 0 Å². The lowest BCUT2D eigenvalue weighted by Crippen LogP contribution is -2.34. The highest BCUT2D eigenvalue weighted by molar-refractivity contribution is 6.30. The third-order valence-electron chi connectivity index (χ3n) is 5.59. The molecule has 1 saturated heterocycles. The minimum Gasteiger partial charge on any atom is -0.493 e. The second-order valence-corrected chi connectivity index (χ2v) is 7.90. The van der Waals surface area contributed by atoms with E-state index in [2.05, 4.69) is 39.4 Å². The summed E-state index contributed by atoms with van der Waals surface area (Å²) in [5.41, 5.74) is 4.75. The van der Waals surface area contributed by atoms with Crippen molar-refractivity contribution in [2.75, 3.05) is 27.3 Å². The summed E-state index contributed by atoms with van der Waals surface area (Å²) in [4.78, 5) is 2.50. The molecule has 0 saturated carbocycles. The number of likely N-dealkylation sites (tertiary alicyclic amines) is 1. The molecule has 1 aliphatic heterocycles. The van der Waals surface area contributed by atoms with Crippen molar-refractivity contribution in [2.45, 2.75) is 25.3 Å². The van der Waals surface area contributed by atoms with Gasteiger partial charge >= 0.3 is 0 Å². The highest BCUT2D eigenvalue weighted by Gasteiger charge is 2.25. The van der Waals surface area contributed by atoms with Crippen molar-refractivity contribution in [3.63, 3.8) is 0 Å². The normalized spacial score (nSPS) is 17.3. The molecule has 1 atom stereocenters. The largest absolute Gasteiger partial charge is 0.493 e. The first-order valence-electron chi connectivity index (χ1n) is 9.90. The van der Waals surface area contributed by atoms with E-state index in [-0.39, 0.29) is 0 Å². The molecule has 1 aliphatic rings. The number of piperidine rings is 1. The maximum absolute atomic E-state index is 6.05. The van der Waals surface area contributed by atoms with Crippen molar-refractivity contribution >= 4 is 11.6 Å². The van der Waals surface area contributed by atoms with Gasteiger partial charge in [-0.2, -0.15) is 5.10 Å². The van der Waals surface area contributed by atoms with E-state index < -0.39 is 0 Å². The van der Waals surface area contributed by atoms with Gasteiger partial charge in [-0.25, -0.2) is 0 Å². The third kappa shape index (κ3) is 4.41. The maximum Gasteiger partial charge on any atom is 0.161 e. The van der Waals surface area contributed by atoms with Crippen molar-refractivity contribution in [1.29, 1.82) is 0 Å². The van der Waals surface area contributed by atoms with Crippen LogP contribution in [0.15, 0.2) is 48.7 Å². The molecular formula is C23H26ClN3O2. The van der Waals surface area contributed by atoms with Gasteiger partial charge in [0, 0.05) is 35.3 Å². The number of nitrogens with zero attached hydrogens (tertiary/aromatic N) is 2. The van der Waals surface area contributed by atoms with Gasteiger partial charge in [-0.1, -0.05) is 29.8 Å². The monoisotopic (exact) mass is 411 g/mol. The Morgan fingerprint density at radius 1 is 1.10 bits per heavy atom. The average molecular weight is 412 g/mol. The Labute approximate surface area is 176 Å². The van der Waals surface area contributed by atoms with E-state index >= 15 is 0 Å². The summed E-state index contributed by atoms with van der Waals surface area (Å²) in [5, 5.41) is 8.35. The van der Waals surface area contributed by atoms with Crippen LogP contribution in [0.3, 0.4) is 0 Å². The Hall–Kier alpha value is -2.50. The quantitative estimate of drug-likeness (QED) is 0.611. The molecule has 0 radical (unpaired) electrons. The molecule has 2 heterocycles. The van der Waals surface area contributed by atoms with Crippen LogP contribution < -0.4 is 9.47 Å². The topological polar surface area (TPSA) is 50.4 Å². The van der Waals surface area contributed by atoms with Gasteiger partial charge in [0.05, 0.1) is 20.4 Å². The van der Waals surface area contributed by atoms with Gasteiger partial charge in [-0.05, 0) is 54.8 Å². The molecule has 0 aliphatic carbocycles. The standard InChI is InChI=1S/C23H26ClN3O2/c1-28-21-10-5-16(12-22(21)29-2)14-27-11-3-4-18(15-27)23-20(13-25-26-23)17-6-8-19(24)9-7-17/h5-10,12-13,18H,3-4,11,14-15H2,1-2H3,(H,25,26). The van der Waals surface area contributed by atoms with E-state index in [1.165, 1.54) is 16.8 Å². The van der Waals surface area contributed by atoms with Crippen LogP contribution in [0.2, 0.25) is 5.02 Å². The van der Waals surface area contributed by atoms with Gasteiger partial charge in [-0.3, -0.25) is 10.00 Å². The SMILES string of the molecule is COc1ccc(CN2CCCC(c3[nH]ncc3-c3ccc(Cl)cc3)C2)cc1OC. The number of halogens is 1. The van der Waals surface area contributed by atoms with Crippen LogP contribution in [-0.2, 0) is 6.54 Å². The summed E-state index contributed by atoms with van der Waals surface area (Å²) in [6, 6.07) is 14.1. The zero-order chi connectivity index (χ0) is 20.2. The number of methoxy groups -OCH3 is 2. The lowest BCUT2D eigenvalue weighted by Gasteiger charge is -2.32. The van der Waals surface area contributed by atoms with Crippen molar-refractivity contribution in [3.8, 4) is 22.6 Å². The summed E-state index contributed by atoms with van der Waals surface area (Å²) in [5.74, 6) is 1.96. The fraction of sp³-hybridized carbons (Fsp3) is 0.348. The predicted molar refractivity (Wildman–Crippen MR) is 116 cm³/mol. The predicted octanol–water partition coefficient (Wildman–Crippen LogP) is 5.13. The van der Waals surface area contributed by atoms with Crippen molar-refractivity contribution < 1.29 is 9.47 Å². The molecule has 29 heavy (non-hydrogen) atoms. The number of benzene rings is 2. The van der Waals surface area contributed by atoms with E-state index in [9.17, 15) is 0 Å². The third-order valence-corrected chi connectivity index (χ3v) is 5.84. The van der Waals surface area contributed by atoms with Crippen LogP contribution >= 0.6 is 11.6 Å². The molecule has 6 heteroatoms. The number of ether oxygens (including phenoxy) is 2. The lowest BCUT2D eigenvalue weighted by molar-refractivity contribution is 0.198. The van der Waals surface area contributed by atoms with E-state index in [0.29, 0.717) is 5.92 Å². The van der Waals surface area contributed by atoms with Gasteiger partial charge in [0.2, 0.25) is 0 Å². The van der Waals surface area contributed by atoms with Gasteiger partial charge in [0.25, 0.3) is 0 Å². The molecule has 0 amide bonds. The minimum atomic E-state index is 0.428. The molecule has 2 aromatic carbocycles. The number of rotatable bonds is 6. The molecular weight excluding hydrogens is 386 g/mol. The van der Waals surface area contributed by atoms with Crippen molar-refractivity contribution in [3.05, 3.63) is 64.9 Å². The first-order valence-corrected chi connectivity index (χ1v) is 10.3. The number of H-pyrrole nitrogens is 1. The van der Waals surface area contributed by atoms with E-state index in [0.717, 1.165) is 54.6 Å². The van der Waals surface area contributed by atoms with Crippen LogP contribution in [0, 0.1) is 0 Å². The Morgan fingerprint density at radius 3 is 2.66 bits per heavy atom. The van der Waals surface area contributed by atoms with Crippen molar-refractivity contribution in [1.82, 2.24) is 15.1 Å². The zero-order valence-corrected chi connectivity index (χ0v) is 17.6. The van der Waals surface area contributed by atoms with Gasteiger partial charge < -0.3 is 9.47 Å². The minimum absolute atomic E-state index is 0.428. The van der Waals surface area contributed by atoms with Crippen LogP contribution in [0.25, 0.3) is 11.1 Å². The van der Waals surface area contributed by atoms with E-state index in [4.69, 9.17) is 21.1 Å². The first kappa shape index (κ1) is 19.8. The molecule has 0 bridgehead atoms. The fourth-order valence-corrected chi connectivity index (χ4v) is 4.26. The van der Waals surface area contributed by atoms with Crippen LogP contribution in [-0.4, -0.2) is 42.4 Å². The molecule has 3 aromatic rings. The molecule has 1 fully saturated rings. The van der Waals surface area contributed by atoms with Crippen LogP contribution in [0.1, 0.15) is 30.0 Å². The fourth-order valence-electron chi connectivity index (χ4n) is 4.14. The summed E-state index contributed by atoms with van der Waals surface area (Å²) in [6.07, 6.45) is 4.24. The lowest BCUT2D eigenvalue weighted by atomic mass is 9.90. The summed E-state index contributed by atoms with van der Waals surface area (Å²) in [6.45, 7) is 2.98. The summed E-state index contributed by atoms with van der Waals surface area (Å²) < 4.78 is 10.8. The highest BCUT2D eigenvalue weighted by Crippen LogP contribution is 2.34. The molecule has 1 aromatic heterocycles. The molecule has 1 N–H and O–H groups in total.